The van der Waals surface area contributed by atoms with Gasteiger partial charge in [0.2, 0.25) is 0 Å². The van der Waals surface area contributed by atoms with Crippen molar-refractivity contribution < 1.29 is 9.47 Å². The molecule has 94 valence electrons. The van der Waals surface area contributed by atoms with E-state index in [1.54, 1.807) is 13.3 Å². The number of nitrogens with one attached hydrogen (secondary N) is 1. The molecule has 0 aliphatic carbocycles. The largest absolute Gasteiger partial charge is 0.383 e. The number of pyridine rings is 1. The van der Waals surface area contributed by atoms with Gasteiger partial charge in [-0.25, -0.2) is 0 Å². The van der Waals surface area contributed by atoms with Crippen molar-refractivity contribution in [2.24, 2.45) is 0 Å². The number of methoxy groups -OCH3 is 1. The molecule has 2 heterocycles. The van der Waals surface area contributed by atoms with Crippen molar-refractivity contribution in [3.05, 3.63) is 29.0 Å². The van der Waals surface area contributed by atoms with Gasteiger partial charge in [-0.2, -0.15) is 0 Å². The van der Waals surface area contributed by atoms with Crippen molar-refractivity contribution in [3.63, 3.8) is 0 Å². The van der Waals surface area contributed by atoms with Crippen LogP contribution in [0.1, 0.15) is 12.1 Å². The van der Waals surface area contributed by atoms with Gasteiger partial charge < -0.3 is 14.8 Å². The lowest BCUT2D eigenvalue weighted by molar-refractivity contribution is 0.0886. The first-order chi connectivity index (χ1) is 8.26. The lowest BCUT2D eigenvalue weighted by Crippen LogP contribution is -2.49. The van der Waals surface area contributed by atoms with E-state index in [0.717, 1.165) is 18.7 Å². The second-order valence-corrected chi connectivity index (χ2v) is 4.71. The Kier molecular flexibility index (Phi) is 4.34. The Morgan fingerprint density at radius 1 is 1.65 bits per heavy atom. The fourth-order valence-electron chi connectivity index (χ4n) is 2.01. The SMILES string of the molecule is COCC1(NCc2ncccc2Cl)CCOC1. The van der Waals surface area contributed by atoms with E-state index in [1.165, 1.54) is 0 Å². The van der Waals surface area contributed by atoms with Crippen molar-refractivity contribution in [1.82, 2.24) is 10.3 Å². The molecule has 0 radical (unpaired) electrons. The van der Waals surface area contributed by atoms with Gasteiger partial charge >= 0.3 is 0 Å². The van der Waals surface area contributed by atoms with E-state index < -0.39 is 0 Å². The molecule has 2 rings (SSSR count). The first-order valence-electron chi connectivity index (χ1n) is 5.67. The second kappa shape index (κ2) is 5.78. The molecule has 1 N–H and O–H groups in total. The minimum absolute atomic E-state index is 0.102. The van der Waals surface area contributed by atoms with Crippen molar-refractivity contribution >= 4 is 11.6 Å². The zero-order chi connectivity index (χ0) is 12.1. The summed E-state index contributed by atoms with van der Waals surface area (Å²) in [5.74, 6) is 0. The van der Waals surface area contributed by atoms with Crippen LogP contribution in [0.5, 0.6) is 0 Å². The highest BCUT2D eigenvalue weighted by molar-refractivity contribution is 6.31. The first-order valence-corrected chi connectivity index (χ1v) is 6.05. The second-order valence-electron chi connectivity index (χ2n) is 4.30. The fourth-order valence-corrected chi connectivity index (χ4v) is 2.20. The Balaban J connectivity index is 1.98. The van der Waals surface area contributed by atoms with E-state index in [-0.39, 0.29) is 5.54 Å². The van der Waals surface area contributed by atoms with Crippen LogP contribution in [0.4, 0.5) is 0 Å². The third-order valence-electron chi connectivity index (χ3n) is 2.99. The van der Waals surface area contributed by atoms with E-state index in [4.69, 9.17) is 21.1 Å². The van der Waals surface area contributed by atoms with Crippen molar-refractivity contribution in [2.75, 3.05) is 26.9 Å². The molecular formula is C12H17ClN2O2. The van der Waals surface area contributed by atoms with E-state index >= 15 is 0 Å². The van der Waals surface area contributed by atoms with Crippen LogP contribution in [-0.4, -0.2) is 37.5 Å². The van der Waals surface area contributed by atoms with Crippen LogP contribution in [0.25, 0.3) is 0 Å². The molecule has 0 bridgehead atoms. The van der Waals surface area contributed by atoms with Gasteiger partial charge in [0.25, 0.3) is 0 Å². The third-order valence-corrected chi connectivity index (χ3v) is 3.33. The maximum absolute atomic E-state index is 6.07. The topological polar surface area (TPSA) is 43.4 Å². The highest BCUT2D eigenvalue weighted by Gasteiger charge is 2.34. The average molecular weight is 257 g/mol. The highest BCUT2D eigenvalue weighted by atomic mass is 35.5. The number of hydrogen-bond donors (Lipinski definition) is 1. The van der Waals surface area contributed by atoms with Crippen LogP contribution in [0.15, 0.2) is 18.3 Å². The molecule has 1 aliphatic rings. The molecule has 1 saturated heterocycles. The van der Waals surface area contributed by atoms with Gasteiger partial charge in [-0.05, 0) is 18.6 Å². The standard InChI is InChI=1S/C12H17ClN2O2/c1-16-8-12(4-6-17-9-12)15-7-11-10(13)3-2-5-14-11/h2-3,5,15H,4,6-9H2,1H3. The molecule has 0 aromatic carbocycles. The maximum Gasteiger partial charge on any atom is 0.0727 e. The van der Waals surface area contributed by atoms with Gasteiger partial charge in [-0.1, -0.05) is 11.6 Å². The summed E-state index contributed by atoms with van der Waals surface area (Å²) < 4.78 is 10.7. The van der Waals surface area contributed by atoms with E-state index in [2.05, 4.69) is 10.3 Å². The van der Waals surface area contributed by atoms with Crippen LogP contribution in [0, 0.1) is 0 Å². The summed E-state index contributed by atoms with van der Waals surface area (Å²) in [6.07, 6.45) is 2.70. The van der Waals surface area contributed by atoms with Gasteiger partial charge in [0.15, 0.2) is 0 Å². The first kappa shape index (κ1) is 12.8. The number of nitrogens with zero attached hydrogens (tertiary/aromatic N) is 1. The Morgan fingerprint density at radius 2 is 2.53 bits per heavy atom. The Bertz CT molecular complexity index is 367. The van der Waals surface area contributed by atoms with Crippen LogP contribution in [-0.2, 0) is 16.0 Å². The summed E-state index contributed by atoms with van der Waals surface area (Å²) >= 11 is 6.07. The smallest absolute Gasteiger partial charge is 0.0727 e. The van der Waals surface area contributed by atoms with Crippen LogP contribution >= 0.6 is 11.6 Å². The summed E-state index contributed by atoms with van der Waals surface area (Å²) in [5.41, 5.74) is 0.756. The monoisotopic (exact) mass is 256 g/mol. The molecule has 1 atom stereocenters. The Labute approximate surface area is 106 Å². The third kappa shape index (κ3) is 3.16. The lowest BCUT2D eigenvalue weighted by atomic mass is 10.00. The minimum Gasteiger partial charge on any atom is -0.383 e. The predicted molar refractivity (Wildman–Crippen MR) is 66.1 cm³/mol. The summed E-state index contributed by atoms with van der Waals surface area (Å²) in [6, 6.07) is 3.68. The minimum atomic E-state index is -0.102. The molecule has 5 heteroatoms. The Hall–Kier alpha value is -0.680. The molecule has 1 aromatic heterocycles. The van der Waals surface area contributed by atoms with Crippen molar-refractivity contribution in [3.8, 4) is 0 Å². The molecule has 4 nitrogen and oxygen atoms in total. The molecule has 1 unspecified atom stereocenters. The van der Waals surface area contributed by atoms with E-state index in [9.17, 15) is 0 Å². The molecule has 0 spiro atoms. The van der Waals surface area contributed by atoms with Gasteiger partial charge in [-0.3, -0.25) is 4.98 Å². The van der Waals surface area contributed by atoms with Gasteiger partial charge in [-0.15, -0.1) is 0 Å². The van der Waals surface area contributed by atoms with Gasteiger partial charge in [0.05, 0.1) is 29.5 Å². The Morgan fingerprint density at radius 3 is 3.18 bits per heavy atom. The average Bonchev–Trinajstić information content (AvgIpc) is 2.78. The fraction of sp³-hybridized carbons (Fsp3) is 0.583. The number of rotatable bonds is 5. The predicted octanol–water partition coefficient (Wildman–Crippen LogP) is 1.63. The van der Waals surface area contributed by atoms with Gasteiger partial charge in [0, 0.05) is 26.5 Å². The van der Waals surface area contributed by atoms with Crippen molar-refractivity contribution in [2.45, 2.75) is 18.5 Å². The molecule has 0 saturated carbocycles. The number of halogens is 1. The molecule has 1 fully saturated rings. The lowest BCUT2D eigenvalue weighted by Gasteiger charge is -2.28. The summed E-state index contributed by atoms with van der Waals surface area (Å²) in [6.45, 7) is 2.71. The molecule has 0 amide bonds. The van der Waals surface area contributed by atoms with E-state index in [0.29, 0.717) is 24.8 Å². The zero-order valence-electron chi connectivity index (χ0n) is 9.91. The zero-order valence-corrected chi connectivity index (χ0v) is 10.7. The summed E-state index contributed by atoms with van der Waals surface area (Å²) in [4.78, 5) is 4.25. The molecular weight excluding hydrogens is 240 g/mol. The van der Waals surface area contributed by atoms with E-state index in [1.807, 2.05) is 12.1 Å². The normalized spacial score (nSPS) is 24.1. The van der Waals surface area contributed by atoms with Crippen molar-refractivity contribution in [1.29, 1.82) is 0 Å². The number of aromatic nitrogens is 1. The number of hydrogen-bond acceptors (Lipinski definition) is 4. The number of ether oxygens (including phenoxy) is 2. The van der Waals surface area contributed by atoms with Crippen LogP contribution in [0.3, 0.4) is 0 Å². The maximum atomic E-state index is 6.07. The molecule has 17 heavy (non-hydrogen) atoms. The summed E-state index contributed by atoms with van der Waals surface area (Å²) in [7, 11) is 1.70. The molecule has 1 aromatic rings. The van der Waals surface area contributed by atoms with Gasteiger partial charge in [0.1, 0.15) is 0 Å². The van der Waals surface area contributed by atoms with Crippen LogP contribution in [0.2, 0.25) is 5.02 Å². The molecule has 1 aliphatic heterocycles. The highest BCUT2D eigenvalue weighted by Crippen LogP contribution is 2.20. The quantitative estimate of drug-likeness (QED) is 0.870. The summed E-state index contributed by atoms with van der Waals surface area (Å²) in [5, 5.41) is 4.14. The van der Waals surface area contributed by atoms with Crippen LogP contribution < -0.4 is 5.32 Å².